The van der Waals surface area contributed by atoms with E-state index in [1.165, 1.54) is 0 Å². The number of aliphatic imine (C=N–C) groups is 1. The number of pyridine rings is 1. The first-order valence-corrected chi connectivity index (χ1v) is 8.75. The van der Waals surface area contributed by atoms with Crippen molar-refractivity contribution in [3.8, 4) is 0 Å². The molecule has 8 nitrogen and oxygen atoms in total. The van der Waals surface area contributed by atoms with Crippen molar-refractivity contribution < 1.29 is 9.21 Å². The van der Waals surface area contributed by atoms with Crippen molar-refractivity contribution >= 4 is 17.7 Å². The third-order valence-corrected chi connectivity index (χ3v) is 4.18. The Morgan fingerprint density at radius 3 is 2.69 bits per heavy atom. The van der Waals surface area contributed by atoms with Gasteiger partial charge in [0.25, 0.3) is 5.91 Å². The number of carbonyl (C=O) groups is 1. The molecule has 3 N–H and O–H groups in total. The van der Waals surface area contributed by atoms with Crippen molar-refractivity contribution in [1.29, 1.82) is 0 Å². The summed E-state index contributed by atoms with van der Waals surface area (Å²) in [6.45, 7) is 6.65. The van der Waals surface area contributed by atoms with Crippen LogP contribution in [0.4, 0.5) is 5.82 Å². The van der Waals surface area contributed by atoms with Crippen LogP contribution < -0.4 is 16.0 Å². The van der Waals surface area contributed by atoms with Crippen LogP contribution >= 0.6 is 0 Å². The summed E-state index contributed by atoms with van der Waals surface area (Å²) < 4.78 is 5.39. The summed E-state index contributed by atoms with van der Waals surface area (Å²) >= 11 is 0. The van der Waals surface area contributed by atoms with Crippen LogP contribution in [0.1, 0.15) is 23.2 Å². The van der Waals surface area contributed by atoms with Gasteiger partial charge in [-0.1, -0.05) is 6.07 Å². The predicted octanol–water partition coefficient (Wildman–Crippen LogP) is 1.06. The molecule has 1 aliphatic heterocycles. The molecule has 3 rings (SSSR count). The molecule has 0 aliphatic carbocycles. The van der Waals surface area contributed by atoms with E-state index in [-0.39, 0.29) is 5.76 Å². The third kappa shape index (κ3) is 4.33. The lowest BCUT2D eigenvalue weighted by Gasteiger charge is -2.37. The van der Waals surface area contributed by atoms with Crippen LogP contribution in [0.15, 0.2) is 45.9 Å². The minimum atomic E-state index is -0.572. The molecule has 26 heavy (non-hydrogen) atoms. The van der Waals surface area contributed by atoms with Crippen LogP contribution in [-0.2, 0) is 6.54 Å². The molecule has 0 bridgehead atoms. The van der Waals surface area contributed by atoms with Gasteiger partial charge < -0.3 is 25.3 Å². The minimum absolute atomic E-state index is 0.157. The second kappa shape index (κ2) is 8.37. The number of anilines is 1. The van der Waals surface area contributed by atoms with Crippen LogP contribution in [0, 0.1) is 0 Å². The fourth-order valence-electron chi connectivity index (χ4n) is 2.86. The highest BCUT2D eigenvalue weighted by molar-refractivity contribution is 5.89. The van der Waals surface area contributed by atoms with Crippen molar-refractivity contribution in [2.45, 2.75) is 13.5 Å². The number of nitrogens with two attached hydrogens (primary N) is 1. The number of hydrogen-bond acceptors (Lipinski definition) is 5. The summed E-state index contributed by atoms with van der Waals surface area (Å²) in [5.41, 5.74) is 5.21. The maximum absolute atomic E-state index is 11.1. The number of amides is 1. The number of aromatic nitrogens is 1. The summed E-state index contributed by atoms with van der Waals surface area (Å²) in [5.74, 6) is 2.04. The number of hydrogen-bond donors (Lipinski definition) is 2. The van der Waals surface area contributed by atoms with E-state index < -0.39 is 5.91 Å². The molecule has 0 atom stereocenters. The average molecular weight is 356 g/mol. The first kappa shape index (κ1) is 17.8. The molecule has 1 amide bonds. The Morgan fingerprint density at radius 1 is 1.27 bits per heavy atom. The van der Waals surface area contributed by atoms with Crippen LogP contribution in [0.5, 0.6) is 0 Å². The smallest absolute Gasteiger partial charge is 0.284 e. The number of nitrogens with zero attached hydrogens (tertiary/aromatic N) is 4. The molecule has 1 saturated heterocycles. The van der Waals surface area contributed by atoms with E-state index in [9.17, 15) is 4.79 Å². The maximum atomic E-state index is 11.1. The number of furan rings is 1. The van der Waals surface area contributed by atoms with E-state index in [0.717, 1.165) is 44.5 Å². The van der Waals surface area contributed by atoms with Gasteiger partial charge in [0, 0.05) is 38.9 Å². The van der Waals surface area contributed by atoms with E-state index >= 15 is 0 Å². The molecule has 0 radical (unpaired) electrons. The highest BCUT2D eigenvalue weighted by atomic mass is 16.3. The molecular weight excluding hydrogens is 332 g/mol. The van der Waals surface area contributed by atoms with Crippen LogP contribution in [0.25, 0.3) is 0 Å². The third-order valence-electron chi connectivity index (χ3n) is 4.18. The summed E-state index contributed by atoms with van der Waals surface area (Å²) in [5, 5.41) is 3.32. The van der Waals surface area contributed by atoms with Crippen molar-refractivity contribution in [3.05, 3.63) is 48.0 Å². The molecule has 138 valence electrons. The molecular formula is C18H24N6O2. The van der Waals surface area contributed by atoms with Gasteiger partial charge in [-0.15, -0.1) is 0 Å². The van der Waals surface area contributed by atoms with E-state index in [0.29, 0.717) is 12.3 Å². The summed E-state index contributed by atoms with van der Waals surface area (Å²) in [7, 11) is 0. The topological polar surface area (TPSA) is 100.0 Å². The fourth-order valence-corrected chi connectivity index (χ4v) is 2.86. The van der Waals surface area contributed by atoms with Crippen molar-refractivity contribution in [1.82, 2.24) is 15.2 Å². The van der Waals surface area contributed by atoms with Crippen molar-refractivity contribution in [2.75, 3.05) is 37.6 Å². The van der Waals surface area contributed by atoms with Gasteiger partial charge in [0.05, 0.1) is 0 Å². The molecule has 1 aliphatic rings. The zero-order chi connectivity index (χ0) is 18.4. The Hall–Kier alpha value is -3.03. The quantitative estimate of drug-likeness (QED) is 0.614. The molecule has 0 aromatic carbocycles. The first-order chi connectivity index (χ1) is 12.7. The molecule has 2 aromatic rings. The number of rotatable bonds is 5. The number of piperazine rings is 1. The Kier molecular flexibility index (Phi) is 5.73. The van der Waals surface area contributed by atoms with Crippen LogP contribution in [0.3, 0.4) is 0 Å². The zero-order valence-electron chi connectivity index (χ0n) is 14.9. The van der Waals surface area contributed by atoms with Gasteiger partial charge in [-0.05, 0) is 31.2 Å². The van der Waals surface area contributed by atoms with Gasteiger partial charge in [0.1, 0.15) is 18.1 Å². The standard InChI is InChI=1S/C18H24N6O2/c1-2-20-18(22-13-14-6-7-15(26-14)17(19)25)24-11-9-23(10-12-24)16-5-3-4-8-21-16/h3-8H,2,9-13H2,1H3,(H2,19,25)(H,20,22). The minimum Gasteiger partial charge on any atom is -0.454 e. The van der Waals surface area contributed by atoms with Gasteiger partial charge in [0.15, 0.2) is 11.7 Å². The highest BCUT2D eigenvalue weighted by Gasteiger charge is 2.20. The number of nitrogens with one attached hydrogen (secondary N) is 1. The van der Waals surface area contributed by atoms with Gasteiger partial charge in [0.2, 0.25) is 0 Å². The Morgan fingerprint density at radius 2 is 2.08 bits per heavy atom. The van der Waals surface area contributed by atoms with Crippen LogP contribution in [0.2, 0.25) is 0 Å². The SMILES string of the molecule is CCNC(=NCc1ccc(C(N)=O)o1)N1CCN(c2ccccn2)CC1. The van der Waals surface area contributed by atoms with Gasteiger partial charge in [-0.3, -0.25) is 4.79 Å². The molecule has 3 heterocycles. The maximum Gasteiger partial charge on any atom is 0.284 e. The number of guanidine groups is 1. The molecule has 1 fully saturated rings. The van der Waals surface area contributed by atoms with E-state index in [2.05, 4.69) is 25.1 Å². The monoisotopic (exact) mass is 356 g/mol. The molecule has 8 heteroatoms. The largest absolute Gasteiger partial charge is 0.454 e. The second-order valence-electron chi connectivity index (χ2n) is 5.96. The van der Waals surface area contributed by atoms with Gasteiger partial charge in [-0.25, -0.2) is 9.98 Å². The molecule has 0 unspecified atom stereocenters. The Bertz CT molecular complexity index is 750. The van der Waals surface area contributed by atoms with Gasteiger partial charge in [-0.2, -0.15) is 0 Å². The lowest BCUT2D eigenvalue weighted by molar-refractivity contribution is 0.0972. The normalized spacial score (nSPS) is 15.2. The lowest BCUT2D eigenvalue weighted by Crippen LogP contribution is -2.52. The first-order valence-electron chi connectivity index (χ1n) is 8.75. The Labute approximate surface area is 152 Å². The lowest BCUT2D eigenvalue weighted by atomic mass is 10.3. The predicted molar refractivity (Wildman–Crippen MR) is 100 cm³/mol. The second-order valence-corrected chi connectivity index (χ2v) is 5.96. The van der Waals surface area contributed by atoms with E-state index in [1.54, 1.807) is 12.1 Å². The summed E-state index contributed by atoms with van der Waals surface area (Å²) in [4.78, 5) is 24.6. The zero-order valence-corrected chi connectivity index (χ0v) is 14.9. The molecule has 0 spiro atoms. The van der Waals surface area contributed by atoms with Crippen LogP contribution in [-0.4, -0.2) is 54.5 Å². The molecule has 0 saturated carbocycles. The van der Waals surface area contributed by atoms with Crippen molar-refractivity contribution in [3.63, 3.8) is 0 Å². The Balaban J connectivity index is 1.61. The van der Waals surface area contributed by atoms with E-state index in [4.69, 9.17) is 10.2 Å². The number of carbonyl (C=O) groups excluding carboxylic acids is 1. The average Bonchev–Trinajstić information content (AvgIpc) is 3.15. The fraction of sp³-hybridized carbons (Fsp3) is 0.389. The number of primary amides is 1. The molecule has 2 aromatic heterocycles. The highest BCUT2D eigenvalue weighted by Crippen LogP contribution is 2.13. The van der Waals surface area contributed by atoms with Gasteiger partial charge >= 0.3 is 0 Å². The summed E-state index contributed by atoms with van der Waals surface area (Å²) in [6.07, 6.45) is 1.82. The van der Waals surface area contributed by atoms with Crippen molar-refractivity contribution in [2.24, 2.45) is 10.7 Å². The van der Waals surface area contributed by atoms with E-state index in [1.807, 2.05) is 31.3 Å². The summed E-state index contributed by atoms with van der Waals surface area (Å²) in [6, 6.07) is 9.26.